The standard InChI is InChI=1S/C38H49N3O9S2/c1-5-7-18-38(19-8-6-2)24-41(27-12-10-9-11-13-27)30-20-32(51-4)31(21-33(30)52(47,48)25-38)50-23-34(43)40-35(26-14-16-28(42)17-15-26)36(44)39-29(22-49-3)37(45)46/h9-17,20-21,29,35,42H,5-8,18-19,22-25H2,1-4H3,(H,39,44)(H,40,43)(H,45,46)/t29-,35+/m0/s1. The van der Waals surface area contributed by atoms with E-state index < -0.39 is 51.7 Å². The number of phenols is 1. The van der Waals surface area contributed by atoms with Crippen LogP contribution < -0.4 is 20.3 Å². The first-order valence-corrected chi connectivity index (χ1v) is 20.2. The van der Waals surface area contributed by atoms with E-state index in [1.54, 1.807) is 0 Å². The summed E-state index contributed by atoms with van der Waals surface area (Å²) in [6.45, 7) is 3.88. The Morgan fingerprint density at radius 3 is 2.21 bits per heavy atom. The van der Waals surface area contributed by atoms with Crippen molar-refractivity contribution in [2.24, 2.45) is 5.41 Å². The SMILES string of the molecule is CCCCC1(CCCC)CN(c2ccccc2)c2cc(SC)c(OCC(=O)N[C@@H](C(=O)N[C@@H](COC)C(=O)O)c3ccc(O)cc3)cc2S(=O)(=O)C1. The molecule has 0 aromatic heterocycles. The van der Waals surface area contributed by atoms with Gasteiger partial charge in [0.05, 0.1) is 27.8 Å². The summed E-state index contributed by atoms with van der Waals surface area (Å²) in [5.74, 6) is -2.75. The second-order valence-electron chi connectivity index (χ2n) is 13.1. The lowest BCUT2D eigenvalue weighted by atomic mass is 9.79. The van der Waals surface area contributed by atoms with Gasteiger partial charge in [-0.1, -0.05) is 69.9 Å². The Kier molecular flexibility index (Phi) is 14.4. The number of unbranched alkanes of at least 4 members (excludes halogenated alkanes) is 2. The van der Waals surface area contributed by atoms with Crippen LogP contribution >= 0.6 is 11.8 Å². The number of rotatable bonds is 18. The maximum absolute atomic E-state index is 14.4. The largest absolute Gasteiger partial charge is 0.508 e. The van der Waals surface area contributed by atoms with Crippen LogP contribution in [0.25, 0.3) is 0 Å². The van der Waals surface area contributed by atoms with Crippen LogP contribution in [0.2, 0.25) is 0 Å². The van der Waals surface area contributed by atoms with E-state index in [4.69, 9.17) is 9.47 Å². The molecule has 2 amide bonds. The third kappa shape index (κ3) is 10.2. The highest BCUT2D eigenvalue weighted by atomic mass is 32.2. The van der Waals surface area contributed by atoms with Crippen molar-refractivity contribution >= 4 is 50.8 Å². The van der Waals surface area contributed by atoms with Crippen LogP contribution in [0.4, 0.5) is 11.4 Å². The molecule has 3 aromatic rings. The predicted octanol–water partition coefficient (Wildman–Crippen LogP) is 5.86. The lowest BCUT2D eigenvalue weighted by molar-refractivity contribution is -0.143. The van der Waals surface area contributed by atoms with Gasteiger partial charge in [0, 0.05) is 30.8 Å². The summed E-state index contributed by atoms with van der Waals surface area (Å²) >= 11 is 1.35. The number of thioether (sulfide) groups is 1. The first kappa shape index (κ1) is 40.5. The van der Waals surface area contributed by atoms with Gasteiger partial charge in [0.2, 0.25) is 5.91 Å². The molecule has 4 N–H and O–H groups in total. The third-order valence-electron chi connectivity index (χ3n) is 9.15. The number of hydrogen-bond donors (Lipinski definition) is 4. The molecule has 0 bridgehead atoms. The average molecular weight is 756 g/mol. The van der Waals surface area contributed by atoms with E-state index in [0.717, 1.165) is 44.2 Å². The number of nitrogens with one attached hydrogen (secondary N) is 2. The quantitative estimate of drug-likeness (QED) is 0.115. The minimum Gasteiger partial charge on any atom is -0.508 e. The summed E-state index contributed by atoms with van der Waals surface area (Å²) in [6, 6.07) is 15.9. The maximum atomic E-state index is 14.4. The Bertz CT molecular complexity index is 1780. The van der Waals surface area contributed by atoms with Crippen molar-refractivity contribution < 1.29 is 42.5 Å². The maximum Gasteiger partial charge on any atom is 0.328 e. The molecule has 2 atom stereocenters. The number of nitrogens with zero attached hydrogens (tertiary/aromatic N) is 1. The fourth-order valence-electron chi connectivity index (χ4n) is 6.49. The molecule has 12 nitrogen and oxygen atoms in total. The molecule has 0 saturated heterocycles. The summed E-state index contributed by atoms with van der Waals surface area (Å²) < 4.78 is 39.7. The summed E-state index contributed by atoms with van der Waals surface area (Å²) in [5.41, 5.74) is 1.23. The molecule has 3 aromatic carbocycles. The number of phenolic OH excluding ortho intramolecular Hbond substituents is 1. The van der Waals surface area contributed by atoms with Crippen molar-refractivity contribution in [3.05, 3.63) is 72.3 Å². The van der Waals surface area contributed by atoms with Crippen molar-refractivity contribution in [1.29, 1.82) is 0 Å². The summed E-state index contributed by atoms with van der Waals surface area (Å²) in [6.07, 6.45) is 7.09. The zero-order chi connectivity index (χ0) is 37.9. The van der Waals surface area contributed by atoms with E-state index in [0.29, 0.717) is 17.1 Å². The van der Waals surface area contributed by atoms with Gasteiger partial charge >= 0.3 is 5.97 Å². The molecule has 14 heteroatoms. The molecule has 0 fully saturated rings. The Hall–Kier alpha value is -4.27. The first-order chi connectivity index (χ1) is 24.9. The van der Waals surface area contributed by atoms with E-state index in [-0.39, 0.29) is 34.3 Å². The molecule has 282 valence electrons. The van der Waals surface area contributed by atoms with Gasteiger partial charge in [-0.05, 0) is 55.0 Å². The molecule has 0 saturated carbocycles. The van der Waals surface area contributed by atoms with E-state index in [1.807, 2.05) is 42.7 Å². The van der Waals surface area contributed by atoms with E-state index in [1.165, 1.54) is 49.2 Å². The number of fused-ring (bicyclic) bond motifs is 1. The Balaban J connectivity index is 1.68. The van der Waals surface area contributed by atoms with E-state index in [2.05, 4.69) is 29.4 Å². The number of para-hydroxylation sites is 1. The summed E-state index contributed by atoms with van der Waals surface area (Å²) in [4.78, 5) is 41.2. The number of carboxylic acid groups (broad SMARTS) is 1. The smallest absolute Gasteiger partial charge is 0.328 e. The van der Waals surface area contributed by atoms with Crippen LogP contribution in [0.5, 0.6) is 11.5 Å². The summed E-state index contributed by atoms with van der Waals surface area (Å²) in [5, 5.41) is 24.3. The number of carbonyl (C=O) groups excluding carboxylic acids is 2. The number of carboxylic acids is 1. The molecule has 0 unspecified atom stereocenters. The van der Waals surface area contributed by atoms with Crippen molar-refractivity contribution in [2.45, 2.75) is 74.2 Å². The molecule has 0 radical (unpaired) electrons. The molecule has 0 spiro atoms. The number of methoxy groups -OCH3 is 1. The highest BCUT2D eigenvalue weighted by Gasteiger charge is 2.42. The molecule has 1 aliphatic rings. The van der Waals surface area contributed by atoms with Gasteiger partial charge in [0.25, 0.3) is 5.91 Å². The zero-order valence-corrected chi connectivity index (χ0v) is 31.7. The number of aliphatic carboxylic acids is 1. The number of anilines is 2. The van der Waals surface area contributed by atoms with Crippen LogP contribution in [0.1, 0.15) is 64.0 Å². The van der Waals surface area contributed by atoms with Crippen LogP contribution in [0.15, 0.2) is 76.5 Å². The number of hydrogen-bond acceptors (Lipinski definition) is 10. The fraction of sp³-hybridized carbons (Fsp3) is 0.447. The third-order valence-corrected chi connectivity index (χ3v) is 11.9. The second kappa shape index (κ2) is 18.5. The van der Waals surface area contributed by atoms with Crippen molar-refractivity contribution in [3.63, 3.8) is 0 Å². The van der Waals surface area contributed by atoms with E-state index in [9.17, 15) is 33.0 Å². The van der Waals surface area contributed by atoms with Crippen LogP contribution in [-0.4, -0.2) is 81.3 Å². The van der Waals surface area contributed by atoms with Gasteiger partial charge < -0.3 is 35.2 Å². The average Bonchev–Trinajstić information content (AvgIpc) is 3.22. The molecule has 0 aliphatic carbocycles. The number of carbonyl (C=O) groups is 3. The number of amides is 2. The van der Waals surface area contributed by atoms with Crippen molar-refractivity contribution in [1.82, 2.24) is 10.6 Å². The number of sulfone groups is 1. The Labute approximate surface area is 310 Å². The molecule has 1 aliphatic heterocycles. The van der Waals surface area contributed by atoms with Crippen LogP contribution in [-0.2, 0) is 29.0 Å². The van der Waals surface area contributed by atoms with Gasteiger partial charge in [-0.25, -0.2) is 13.2 Å². The highest BCUT2D eigenvalue weighted by molar-refractivity contribution is 7.98. The lowest BCUT2D eigenvalue weighted by Gasteiger charge is -2.37. The fourth-order valence-corrected chi connectivity index (χ4v) is 9.15. The van der Waals surface area contributed by atoms with Gasteiger partial charge in [-0.2, -0.15) is 0 Å². The first-order valence-electron chi connectivity index (χ1n) is 17.4. The van der Waals surface area contributed by atoms with Crippen molar-refractivity contribution in [2.75, 3.05) is 43.8 Å². The Morgan fingerprint density at radius 1 is 0.981 bits per heavy atom. The lowest BCUT2D eigenvalue weighted by Crippen LogP contribution is -2.49. The minimum atomic E-state index is -3.83. The van der Waals surface area contributed by atoms with Crippen molar-refractivity contribution in [3.8, 4) is 11.5 Å². The monoisotopic (exact) mass is 755 g/mol. The molecule has 4 rings (SSSR count). The zero-order valence-electron chi connectivity index (χ0n) is 30.1. The van der Waals surface area contributed by atoms with Crippen LogP contribution in [0, 0.1) is 5.41 Å². The van der Waals surface area contributed by atoms with E-state index >= 15 is 0 Å². The van der Waals surface area contributed by atoms with Crippen LogP contribution in [0.3, 0.4) is 0 Å². The van der Waals surface area contributed by atoms with Gasteiger partial charge in [-0.3, -0.25) is 9.59 Å². The van der Waals surface area contributed by atoms with Gasteiger partial charge in [-0.15, -0.1) is 11.8 Å². The molecular weight excluding hydrogens is 707 g/mol. The highest BCUT2D eigenvalue weighted by Crippen LogP contribution is 2.47. The molecular formula is C38H49N3O9S2. The Morgan fingerprint density at radius 2 is 1.63 bits per heavy atom. The number of ether oxygens (including phenoxy) is 2. The molecule has 1 heterocycles. The summed E-state index contributed by atoms with van der Waals surface area (Å²) in [7, 11) is -2.53. The topological polar surface area (TPSA) is 172 Å². The number of aromatic hydroxyl groups is 1. The second-order valence-corrected chi connectivity index (χ2v) is 15.9. The molecule has 52 heavy (non-hydrogen) atoms. The number of benzene rings is 3. The van der Waals surface area contributed by atoms with Gasteiger partial charge in [0.1, 0.15) is 17.5 Å². The van der Waals surface area contributed by atoms with Gasteiger partial charge in [0.15, 0.2) is 22.5 Å². The minimum absolute atomic E-state index is 0.0152. The normalized spacial score (nSPS) is 15.8. The predicted molar refractivity (Wildman–Crippen MR) is 201 cm³/mol.